The van der Waals surface area contributed by atoms with Crippen molar-refractivity contribution in [3.8, 4) is 0 Å². The average molecular weight is 188 g/mol. The number of carbonyl (C=O) groups is 1. The highest BCUT2D eigenvalue weighted by molar-refractivity contribution is 5.74. The van der Waals surface area contributed by atoms with Gasteiger partial charge in [0, 0.05) is 6.61 Å². The van der Waals surface area contributed by atoms with Gasteiger partial charge in [0.25, 0.3) is 0 Å². The van der Waals surface area contributed by atoms with Gasteiger partial charge in [-0.3, -0.25) is 4.79 Å². The fourth-order valence-corrected chi connectivity index (χ4v) is 1.25. The fourth-order valence-electron chi connectivity index (χ4n) is 1.25. The second-order valence-corrected chi connectivity index (χ2v) is 4.06. The van der Waals surface area contributed by atoms with Crippen LogP contribution in [0.3, 0.4) is 0 Å². The lowest BCUT2D eigenvalue weighted by atomic mass is 9.75. The SMILES string of the molecule is CC(C)C(C)(CCCCO)C(=O)O. The Morgan fingerprint density at radius 1 is 1.38 bits per heavy atom. The van der Waals surface area contributed by atoms with Gasteiger partial charge in [-0.15, -0.1) is 0 Å². The summed E-state index contributed by atoms with van der Waals surface area (Å²) in [5.41, 5.74) is -0.644. The maximum Gasteiger partial charge on any atom is 0.309 e. The predicted molar refractivity (Wildman–Crippen MR) is 51.5 cm³/mol. The lowest BCUT2D eigenvalue weighted by Gasteiger charge is -2.28. The minimum atomic E-state index is -0.736. The van der Waals surface area contributed by atoms with Crippen LogP contribution in [0.25, 0.3) is 0 Å². The highest BCUT2D eigenvalue weighted by atomic mass is 16.4. The smallest absolute Gasteiger partial charge is 0.309 e. The molecule has 0 spiro atoms. The maximum atomic E-state index is 11.0. The maximum absolute atomic E-state index is 11.0. The van der Waals surface area contributed by atoms with Crippen molar-refractivity contribution in [2.75, 3.05) is 6.61 Å². The third kappa shape index (κ3) is 3.35. The molecule has 0 aromatic carbocycles. The van der Waals surface area contributed by atoms with E-state index in [1.807, 2.05) is 13.8 Å². The van der Waals surface area contributed by atoms with Gasteiger partial charge in [0.2, 0.25) is 0 Å². The number of aliphatic hydroxyl groups excluding tert-OH is 1. The van der Waals surface area contributed by atoms with Crippen LogP contribution in [0, 0.1) is 11.3 Å². The van der Waals surface area contributed by atoms with Crippen molar-refractivity contribution in [1.82, 2.24) is 0 Å². The number of carboxylic acids is 1. The Hall–Kier alpha value is -0.570. The summed E-state index contributed by atoms with van der Waals surface area (Å²) in [6.45, 7) is 5.77. The van der Waals surface area contributed by atoms with Crippen LogP contribution >= 0.6 is 0 Å². The largest absolute Gasteiger partial charge is 0.481 e. The number of aliphatic hydroxyl groups is 1. The molecule has 0 amide bonds. The molecule has 0 aliphatic carbocycles. The third-order valence-electron chi connectivity index (χ3n) is 2.87. The predicted octanol–water partition coefficient (Wildman–Crippen LogP) is 1.90. The molecule has 3 heteroatoms. The number of rotatable bonds is 6. The third-order valence-corrected chi connectivity index (χ3v) is 2.87. The summed E-state index contributed by atoms with van der Waals surface area (Å²) < 4.78 is 0. The summed E-state index contributed by atoms with van der Waals surface area (Å²) in [6, 6.07) is 0. The van der Waals surface area contributed by atoms with Gasteiger partial charge in [-0.2, -0.15) is 0 Å². The zero-order chi connectivity index (χ0) is 10.5. The van der Waals surface area contributed by atoms with E-state index in [9.17, 15) is 4.79 Å². The van der Waals surface area contributed by atoms with E-state index in [0.717, 1.165) is 6.42 Å². The van der Waals surface area contributed by atoms with Gasteiger partial charge < -0.3 is 10.2 Å². The topological polar surface area (TPSA) is 57.5 Å². The molecule has 1 unspecified atom stereocenters. The fraction of sp³-hybridized carbons (Fsp3) is 0.900. The van der Waals surface area contributed by atoms with Crippen LogP contribution in [0.2, 0.25) is 0 Å². The van der Waals surface area contributed by atoms with Crippen LogP contribution in [-0.4, -0.2) is 22.8 Å². The van der Waals surface area contributed by atoms with Crippen molar-refractivity contribution < 1.29 is 15.0 Å². The van der Waals surface area contributed by atoms with E-state index in [1.165, 1.54) is 0 Å². The molecule has 0 fully saturated rings. The minimum absolute atomic E-state index is 0.128. The number of hydrogen-bond acceptors (Lipinski definition) is 2. The Kier molecular flexibility index (Phi) is 4.99. The van der Waals surface area contributed by atoms with Gasteiger partial charge in [-0.25, -0.2) is 0 Å². The van der Waals surface area contributed by atoms with E-state index < -0.39 is 11.4 Å². The Balaban J connectivity index is 4.17. The van der Waals surface area contributed by atoms with E-state index in [4.69, 9.17) is 10.2 Å². The van der Waals surface area contributed by atoms with Crippen LogP contribution in [0.15, 0.2) is 0 Å². The molecule has 0 aromatic rings. The lowest BCUT2D eigenvalue weighted by Crippen LogP contribution is -2.33. The van der Waals surface area contributed by atoms with Crippen molar-refractivity contribution >= 4 is 5.97 Å². The minimum Gasteiger partial charge on any atom is -0.481 e. The summed E-state index contributed by atoms with van der Waals surface area (Å²) in [4.78, 5) is 11.0. The van der Waals surface area contributed by atoms with E-state index in [0.29, 0.717) is 12.8 Å². The van der Waals surface area contributed by atoms with Gasteiger partial charge in [0.15, 0.2) is 0 Å². The van der Waals surface area contributed by atoms with Crippen LogP contribution < -0.4 is 0 Å². The van der Waals surface area contributed by atoms with Gasteiger partial charge >= 0.3 is 5.97 Å². The number of carboxylic acid groups (broad SMARTS) is 1. The normalized spacial score (nSPS) is 15.8. The Bertz CT molecular complexity index is 166. The molecule has 3 nitrogen and oxygen atoms in total. The summed E-state index contributed by atoms with van der Waals surface area (Å²) in [5.74, 6) is -0.607. The molecule has 0 saturated heterocycles. The molecule has 2 N–H and O–H groups in total. The highest BCUT2D eigenvalue weighted by Crippen LogP contribution is 2.32. The summed E-state index contributed by atoms with van der Waals surface area (Å²) in [6.07, 6.45) is 2.10. The van der Waals surface area contributed by atoms with E-state index in [-0.39, 0.29) is 12.5 Å². The summed E-state index contributed by atoms with van der Waals surface area (Å²) in [5, 5.41) is 17.6. The molecule has 0 saturated carbocycles. The van der Waals surface area contributed by atoms with Crippen molar-refractivity contribution in [2.24, 2.45) is 11.3 Å². The first kappa shape index (κ1) is 12.4. The Labute approximate surface area is 79.8 Å². The molecule has 13 heavy (non-hydrogen) atoms. The van der Waals surface area contributed by atoms with E-state index in [2.05, 4.69) is 0 Å². The number of aliphatic carboxylic acids is 1. The molecular weight excluding hydrogens is 168 g/mol. The van der Waals surface area contributed by atoms with E-state index in [1.54, 1.807) is 6.92 Å². The molecule has 0 heterocycles. The van der Waals surface area contributed by atoms with Crippen LogP contribution in [0.4, 0.5) is 0 Å². The molecule has 1 atom stereocenters. The molecule has 78 valence electrons. The molecule has 0 aliphatic heterocycles. The molecule has 0 bridgehead atoms. The van der Waals surface area contributed by atoms with Gasteiger partial charge in [-0.05, 0) is 25.7 Å². The van der Waals surface area contributed by atoms with Gasteiger partial charge in [-0.1, -0.05) is 20.3 Å². The molecule has 0 aromatic heterocycles. The van der Waals surface area contributed by atoms with Crippen LogP contribution in [0.1, 0.15) is 40.0 Å². The van der Waals surface area contributed by atoms with Crippen molar-refractivity contribution in [1.29, 1.82) is 0 Å². The molecule has 0 radical (unpaired) electrons. The first-order valence-electron chi connectivity index (χ1n) is 4.79. The van der Waals surface area contributed by atoms with Gasteiger partial charge in [0.1, 0.15) is 0 Å². The summed E-state index contributed by atoms with van der Waals surface area (Å²) in [7, 11) is 0. The number of unbranched alkanes of at least 4 members (excludes halogenated alkanes) is 1. The average Bonchev–Trinajstić information content (AvgIpc) is 2.03. The first-order valence-corrected chi connectivity index (χ1v) is 4.79. The Morgan fingerprint density at radius 3 is 2.23 bits per heavy atom. The van der Waals surface area contributed by atoms with Gasteiger partial charge in [0.05, 0.1) is 5.41 Å². The molecule has 0 aliphatic rings. The standard InChI is InChI=1S/C10H20O3/c1-8(2)10(3,9(12)13)6-4-5-7-11/h8,11H,4-7H2,1-3H3,(H,12,13). The van der Waals surface area contributed by atoms with E-state index >= 15 is 0 Å². The Morgan fingerprint density at radius 2 is 1.92 bits per heavy atom. The van der Waals surface area contributed by atoms with Crippen LogP contribution in [0.5, 0.6) is 0 Å². The molecular formula is C10H20O3. The van der Waals surface area contributed by atoms with Crippen molar-refractivity contribution in [3.05, 3.63) is 0 Å². The lowest BCUT2D eigenvalue weighted by molar-refractivity contribution is -0.151. The van der Waals surface area contributed by atoms with Crippen molar-refractivity contribution in [2.45, 2.75) is 40.0 Å². The van der Waals surface area contributed by atoms with Crippen molar-refractivity contribution in [3.63, 3.8) is 0 Å². The monoisotopic (exact) mass is 188 g/mol. The highest BCUT2D eigenvalue weighted by Gasteiger charge is 2.35. The quantitative estimate of drug-likeness (QED) is 0.626. The second kappa shape index (κ2) is 5.22. The first-order chi connectivity index (χ1) is 5.95. The zero-order valence-electron chi connectivity index (χ0n) is 8.71. The second-order valence-electron chi connectivity index (χ2n) is 4.06. The summed E-state index contributed by atoms with van der Waals surface area (Å²) >= 11 is 0. The van der Waals surface area contributed by atoms with Crippen LogP contribution in [-0.2, 0) is 4.79 Å². The molecule has 0 rings (SSSR count). The number of hydrogen-bond donors (Lipinski definition) is 2. The zero-order valence-corrected chi connectivity index (χ0v) is 8.71.